The Morgan fingerprint density at radius 2 is 1.21 bits per heavy atom. The van der Waals surface area contributed by atoms with E-state index >= 15 is 0 Å². The van der Waals surface area contributed by atoms with E-state index in [4.69, 9.17) is 42.1 Å². The van der Waals surface area contributed by atoms with Gasteiger partial charge in [0.15, 0.2) is 34.2 Å². The van der Waals surface area contributed by atoms with Crippen molar-refractivity contribution < 1.29 is 50.7 Å². The van der Waals surface area contributed by atoms with E-state index in [1.165, 1.54) is 31.3 Å². The summed E-state index contributed by atoms with van der Waals surface area (Å²) < 4.78 is 38.4. The van der Waals surface area contributed by atoms with Gasteiger partial charge in [0, 0.05) is 6.54 Å². The molecule has 0 aliphatic heterocycles. The van der Waals surface area contributed by atoms with Gasteiger partial charge >= 0.3 is 12.1 Å². The van der Waals surface area contributed by atoms with Crippen molar-refractivity contribution in [3.63, 3.8) is 0 Å². The van der Waals surface area contributed by atoms with Gasteiger partial charge in [-0.25, -0.2) is 39.5 Å². The molecule has 0 aromatic carbocycles. The maximum absolute atomic E-state index is 13.4. The van der Waals surface area contributed by atoms with Crippen LogP contribution in [-0.4, -0.2) is 65.1 Å². The number of carboxylic acid groups (broad SMARTS) is 1. The molecule has 20 nitrogen and oxygen atoms in total. The van der Waals surface area contributed by atoms with Crippen LogP contribution in [0.2, 0.25) is 0 Å². The summed E-state index contributed by atoms with van der Waals surface area (Å²) in [5, 5.41) is 14.7. The van der Waals surface area contributed by atoms with Gasteiger partial charge in [-0.2, -0.15) is 0 Å². The van der Waals surface area contributed by atoms with E-state index in [9.17, 15) is 14.4 Å². The molecule has 0 fully saturated rings. The predicted octanol–water partition coefficient (Wildman–Crippen LogP) is 6.73. The fourth-order valence-corrected chi connectivity index (χ4v) is 5.27. The van der Waals surface area contributed by atoms with E-state index in [1.54, 1.807) is 20.8 Å². The van der Waals surface area contributed by atoms with Crippen LogP contribution in [-0.2, 0) is 4.74 Å². The number of nitrogens with two attached hydrogens (primary N) is 1. The number of carbonyl (C=O) groups is 3. The Balaban J connectivity index is 1.05. The van der Waals surface area contributed by atoms with Gasteiger partial charge in [0.2, 0.25) is 35.3 Å². The van der Waals surface area contributed by atoms with Gasteiger partial charge < -0.3 is 52.7 Å². The van der Waals surface area contributed by atoms with Crippen LogP contribution in [0.3, 0.4) is 0 Å². The molecule has 0 spiro atoms. The van der Waals surface area contributed by atoms with Crippen molar-refractivity contribution in [3.8, 4) is 46.3 Å². The number of alkyl carbamates (subject to hydrolysis) is 1. The largest absolute Gasteiger partial charge is 0.476 e. The Hall–Kier alpha value is -6.57. The molecule has 296 valence electrons. The molecule has 2 atom stereocenters. The second kappa shape index (κ2) is 17.3. The first-order chi connectivity index (χ1) is 26.9. The molecule has 6 aromatic heterocycles. The fraction of sp³-hybridized carbons (Fsp3) is 0.417. The molecule has 6 aromatic rings. The highest BCUT2D eigenvalue weighted by atomic mass is 16.6. The molecule has 20 heteroatoms. The monoisotopic (exact) mass is 775 g/mol. The highest BCUT2D eigenvalue weighted by molar-refractivity contribution is 5.92. The lowest BCUT2D eigenvalue weighted by atomic mass is 10.1. The Labute approximate surface area is 318 Å². The molecule has 5 N–H and O–H groups in total. The number of rotatable bonds is 18. The standard InChI is InChI=1S/C36H41N9O11/c1-5-6-7-11-20(29-42-24(15-52-29)32-44-25(17-54-32)33-45-26(18-55-33)34(47)48)39-27(46)21-13-51-30(40-21)23-16-53-31(43-23)22-14-50-28(41-22)19(37)10-8-9-12-38-35(49)56-36(2,3)4/h13-20H,5-12,37H2,1-4H3,(H,38,49)(H,39,46)(H,47,48). The first-order valence-corrected chi connectivity index (χ1v) is 17.9. The van der Waals surface area contributed by atoms with E-state index in [1.807, 2.05) is 0 Å². The maximum Gasteiger partial charge on any atom is 0.407 e. The highest BCUT2D eigenvalue weighted by Crippen LogP contribution is 2.29. The lowest BCUT2D eigenvalue weighted by molar-refractivity contribution is 0.0526. The summed E-state index contributed by atoms with van der Waals surface area (Å²) in [5.74, 6) is -1.08. The zero-order valence-corrected chi connectivity index (χ0v) is 31.1. The molecular weight excluding hydrogens is 734 g/mol. The number of ether oxygens (including phenoxy) is 1. The molecule has 2 unspecified atom stereocenters. The van der Waals surface area contributed by atoms with Gasteiger partial charge in [0.05, 0.1) is 6.04 Å². The zero-order chi connectivity index (χ0) is 39.8. The predicted molar refractivity (Wildman–Crippen MR) is 191 cm³/mol. The van der Waals surface area contributed by atoms with Crippen molar-refractivity contribution in [3.05, 3.63) is 60.7 Å². The van der Waals surface area contributed by atoms with Crippen molar-refractivity contribution in [2.24, 2.45) is 5.73 Å². The van der Waals surface area contributed by atoms with Crippen LogP contribution in [0.25, 0.3) is 46.3 Å². The number of carbonyl (C=O) groups excluding carboxylic acids is 2. The van der Waals surface area contributed by atoms with Gasteiger partial charge in [0.1, 0.15) is 49.2 Å². The Kier molecular flexibility index (Phi) is 12.1. The summed E-state index contributed by atoms with van der Waals surface area (Å²) in [6.45, 7) is 7.91. The summed E-state index contributed by atoms with van der Waals surface area (Å²) in [6, 6.07) is -1.13. The fourth-order valence-electron chi connectivity index (χ4n) is 5.27. The minimum Gasteiger partial charge on any atom is -0.476 e. The van der Waals surface area contributed by atoms with Crippen LogP contribution in [0, 0.1) is 0 Å². The van der Waals surface area contributed by atoms with E-state index in [-0.39, 0.29) is 57.9 Å². The number of aromatic nitrogens is 6. The molecule has 6 heterocycles. The minimum atomic E-state index is -1.24. The van der Waals surface area contributed by atoms with E-state index in [2.05, 4.69) is 47.5 Å². The van der Waals surface area contributed by atoms with Crippen molar-refractivity contribution in [2.45, 2.75) is 90.3 Å². The molecule has 0 aliphatic carbocycles. The number of amides is 2. The summed E-state index contributed by atoms with van der Waals surface area (Å²) in [7, 11) is 0. The number of nitrogens with zero attached hydrogens (tertiary/aromatic N) is 6. The molecular formula is C36H41N9O11. The van der Waals surface area contributed by atoms with Gasteiger partial charge in [-0.05, 0) is 46.5 Å². The molecule has 0 saturated heterocycles. The number of oxazole rings is 6. The number of hydrogen-bond donors (Lipinski definition) is 4. The topological polar surface area (TPSA) is 287 Å². The molecule has 0 aliphatic rings. The second-order valence-corrected chi connectivity index (χ2v) is 13.7. The lowest BCUT2D eigenvalue weighted by Gasteiger charge is -2.19. The van der Waals surface area contributed by atoms with Crippen molar-refractivity contribution >= 4 is 18.0 Å². The number of nitrogens with one attached hydrogen (secondary N) is 2. The van der Waals surface area contributed by atoms with Crippen LogP contribution < -0.4 is 16.4 Å². The van der Waals surface area contributed by atoms with E-state index < -0.39 is 35.7 Å². The normalized spacial score (nSPS) is 12.7. The smallest absolute Gasteiger partial charge is 0.407 e. The number of unbranched alkanes of at least 4 members (excludes halogenated alkanes) is 3. The quantitative estimate of drug-likeness (QED) is 0.0658. The maximum atomic E-state index is 13.4. The summed E-state index contributed by atoms with van der Waals surface area (Å²) in [5.41, 5.74) is 6.36. The second-order valence-electron chi connectivity index (χ2n) is 13.7. The van der Waals surface area contributed by atoms with Crippen molar-refractivity contribution in [1.82, 2.24) is 40.5 Å². The van der Waals surface area contributed by atoms with Crippen LogP contribution in [0.4, 0.5) is 4.79 Å². The van der Waals surface area contributed by atoms with Gasteiger partial charge in [-0.3, -0.25) is 4.79 Å². The highest BCUT2D eigenvalue weighted by Gasteiger charge is 2.26. The van der Waals surface area contributed by atoms with Crippen LogP contribution in [0.1, 0.15) is 117 Å². The Morgan fingerprint density at radius 3 is 1.82 bits per heavy atom. The third kappa shape index (κ3) is 9.94. The summed E-state index contributed by atoms with van der Waals surface area (Å²) >= 11 is 0. The molecule has 56 heavy (non-hydrogen) atoms. The molecule has 0 saturated carbocycles. The average Bonchev–Trinajstić information content (AvgIpc) is 4.00. The van der Waals surface area contributed by atoms with E-state index in [0.717, 1.165) is 25.5 Å². The molecule has 6 rings (SSSR count). The minimum absolute atomic E-state index is 0.0168. The molecule has 0 radical (unpaired) electrons. The van der Waals surface area contributed by atoms with Gasteiger partial charge in [-0.1, -0.05) is 26.2 Å². The average molecular weight is 776 g/mol. The molecule has 2 amide bonds. The van der Waals surface area contributed by atoms with Crippen LogP contribution >= 0.6 is 0 Å². The van der Waals surface area contributed by atoms with Gasteiger partial charge in [0.25, 0.3) is 5.91 Å². The first-order valence-electron chi connectivity index (χ1n) is 17.9. The number of aromatic carboxylic acids is 1. The third-order valence-corrected chi connectivity index (χ3v) is 8.02. The van der Waals surface area contributed by atoms with Gasteiger partial charge in [-0.15, -0.1) is 0 Å². The SMILES string of the molecule is CCCCCC(NC(=O)c1coc(-c2coc(-c3coc(C(N)CCCCNC(=O)OC(C)(C)C)n3)n2)n1)c1nc(-c2nc(-c3nc(C(=O)O)co3)co2)co1. The number of carboxylic acids is 1. The Bertz CT molecular complexity index is 2240. The number of hydrogen-bond acceptors (Lipinski definition) is 17. The first kappa shape index (κ1) is 39.1. The third-order valence-electron chi connectivity index (χ3n) is 8.02. The molecule has 0 bridgehead atoms. The van der Waals surface area contributed by atoms with Crippen LogP contribution in [0.5, 0.6) is 0 Å². The van der Waals surface area contributed by atoms with E-state index in [0.29, 0.717) is 43.8 Å². The summed E-state index contributed by atoms with van der Waals surface area (Å²) in [4.78, 5) is 62.1. The van der Waals surface area contributed by atoms with Crippen LogP contribution in [0.15, 0.2) is 64.1 Å². The summed E-state index contributed by atoms with van der Waals surface area (Å²) in [6.07, 6.45) is 12.1. The van der Waals surface area contributed by atoms with Crippen molar-refractivity contribution in [2.75, 3.05) is 6.54 Å². The zero-order valence-electron chi connectivity index (χ0n) is 31.1. The lowest BCUT2D eigenvalue weighted by Crippen LogP contribution is -2.33. The van der Waals surface area contributed by atoms with Crippen molar-refractivity contribution in [1.29, 1.82) is 0 Å². The Morgan fingerprint density at radius 1 is 0.696 bits per heavy atom.